The number of carbonyl (C=O) groups excluding carboxylic acids is 1. The van der Waals surface area contributed by atoms with Crippen LogP contribution in [0, 0.1) is 5.41 Å². The molecule has 0 aliphatic carbocycles. The Balaban J connectivity index is 2.32. The Morgan fingerprint density at radius 1 is 1.19 bits per heavy atom. The van der Waals surface area contributed by atoms with E-state index in [1.165, 1.54) is 5.39 Å². The van der Waals surface area contributed by atoms with Crippen LogP contribution in [0.4, 0.5) is 0 Å². The molecule has 0 aliphatic rings. The fraction of sp³-hybridized carbons (Fsp3) is 0.357. The number of hydrogen-bond donors (Lipinski definition) is 0. The topological polar surface area (TPSA) is 22.0 Å². The van der Waals surface area contributed by atoms with Gasteiger partial charge in [-0.05, 0) is 17.5 Å². The Bertz CT molecular complexity index is 517. The molecule has 0 N–H and O–H groups in total. The van der Waals surface area contributed by atoms with E-state index < -0.39 is 0 Å². The number of para-hydroxylation sites is 1. The summed E-state index contributed by atoms with van der Waals surface area (Å²) < 4.78 is 2.02. The number of nitrogens with zero attached hydrogens (tertiary/aromatic N) is 1. The molecule has 2 nitrogen and oxygen atoms in total. The van der Waals surface area contributed by atoms with Gasteiger partial charge in [-0.15, -0.1) is 0 Å². The molecule has 2 rings (SSSR count). The van der Waals surface area contributed by atoms with Gasteiger partial charge in [0.15, 0.2) is 5.78 Å². The minimum absolute atomic E-state index is 0.258. The van der Waals surface area contributed by atoms with Crippen molar-refractivity contribution in [1.82, 2.24) is 4.57 Å². The summed E-state index contributed by atoms with van der Waals surface area (Å²) in [6, 6.07) is 10.2. The fourth-order valence-corrected chi connectivity index (χ4v) is 1.67. The number of carbonyl (C=O) groups is 1. The summed E-state index contributed by atoms with van der Waals surface area (Å²) in [6.45, 7) is 6.33. The molecule has 84 valence electrons. The van der Waals surface area contributed by atoms with Gasteiger partial charge >= 0.3 is 0 Å². The average molecular weight is 215 g/mol. The van der Waals surface area contributed by atoms with Crippen molar-refractivity contribution < 1.29 is 4.79 Å². The highest BCUT2D eigenvalue weighted by Gasteiger charge is 2.21. The van der Waals surface area contributed by atoms with Crippen LogP contribution in [0.5, 0.6) is 0 Å². The summed E-state index contributed by atoms with van der Waals surface area (Å²) in [5.41, 5.74) is 0.853. The normalized spacial score (nSPS) is 11.9. The number of fused-ring (bicyclic) bond motifs is 1. The number of benzene rings is 1. The molecule has 0 saturated carbocycles. The number of Topliss-reactive ketones (excluding diaryl/α,β-unsaturated/α-hetero) is 1. The van der Waals surface area contributed by atoms with Crippen molar-refractivity contribution in [2.75, 3.05) is 0 Å². The van der Waals surface area contributed by atoms with Crippen molar-refractivity contribution >= 4 is 16.7 Å². The monoisotopic (exact) mass is 215 g/mol. The van der Waals surface area contributed by atoms with Gasteiger partial charge in [0.05, 0.1) is 6.54 Å². The van der Waals surface area contributed by atoms with Crippen LogP contribution in [-0.4, -0.2) is 10.4 Å². The average Bonchev–Trinajstić information content (AvgIpc) is 2.61. The van der Waals surface area contributed by atoms with Crippen LogP contribution in [0.15, 0.2) is 36.5 Å². The van der Waals surface area contributed by atoms with Gasteiger partial charge in [0.2, 0.25) is 0 Å². The summed E-state index contributed by atoms with van der Waals surface area (Å²) in [5, 5.41) is 1.18. The predicted octanol–water partition coefficient (Wildman–Crippen LogP) is 3.26. The van der Waals surface area contributed by atoms with Gasteiger partial charge in [-0.1, -0.05) is 39.0 Å². The lowest BCUT2D eigenvalue weighted by Gasteiger charge is -2.17. The van der Waals surface area contributed by atoms with Crippen molar-refractivity contribution in [3.05, 3.63) is 36.5 Å². The molecule has 2 aromatic rings. The first kappa shape index (κ1) is 10.9. The first-order valence-corrected chi connectivity index (χ1v) is 5.56. The Morgan fingerprint density at radius 3 is 2.56 bits per heavy atom. The quantitative estimate of drug-likeness (QED) is 0.753. The number of ketones is 1. The van der Waals surface area contributed by atoms with E-state index in [0.29, 0.717) is 6.54 Å². The van der Waals surface area contributed by atoms with E-state index in [9.17, 15) is 4.79 Å². The maximum Gasteiger partial charge on any atom is 0.157 e. The standard InChI is InChI=1S/C14H17NO/c1-14(2,3)13(16)10-15-9-8-11-6-4-5-7-12(11)15/h4-9H,10H2,1-3H3. The lowest BCUT2D eigenvalue weighted by atomic mass is 9.91. The molecule has 0 amide bonds. The first-order chi connectivity index (χ1) is 7.48. The van der Waals surface area contributed by atoms with Gasteiger partial charge in [0, 0.05) is 17.1 Å². The molecular formula is C14H17NO. The molecule has 0 spiro atoms. The lowest BCUT2D eigenvalue weighted by molar-refractivity contribution is -0.126. The second-order valence-electron chi connectivity index (χ2n) is 5.18. The third-order valence-corrected chi connectivity index (χ3v) is 2.83. The molecule has 0 aliphatic heterocycles. The Kier molecular flexibility index (Phi) is 2.58. The highest BCUT2D eigenvalue weighted by atomic mass is 16.1. The second kappa shape index (κ2) is 3.78. The van der Waals surface area contributed by atoms with Crippen LogP contribution in [0.3, 0.4) is 0 Å². The fourth-order valence-electron chi connectivity index (χ4n) is 1.67. The molecule has 16 heavy (non-hydrogen) atoms. The molecule has 1 aromatic heterocycles. The molecule has 1 aromatic carbocycles. The van der Waals surface area contributed by atoms with E-state index >= 15 is 0 Å². The van der Waals surface area contributed by atoms with Crippen LogP contribution in [0.2, 0.25) is 0 Å². The van der Waals surface area contributed by atoms with Crippen LogP contribution >= 0.6 is 0 Å². The van der Waals surface area contributed by atoms with Crippen molar-refractivity contribution in [1.29, 1.82) is 0 Å². The summed E-state index contributed by atoms with van der Waals surface area (Å²) in [7, 11) is 0. The molecule has 2 heteroatoms. The van der Waals surface area contributed by atoms with Crippen LogP contribution in [-0.2, 0) is 11.3 Å². The third kappa shape index (κ3) is 2.01. The molecule has 0 atom stereocenters. The summed E-state index contributed by atoms with van der Waals surface area (Å²) in [4.78, 5) is 12.0. The van der Waals surface area contributed by atoms with E-state index in [0.717, 1.165) is 5.52 Å². The Labute approximate surface area is 95.9 Å². The smallest absolute Gasteiger partial charge is 0.157 e. The zero-order chi connectivity index (χ0) is 11.8. The third-order valence-electron chi connectivity index (χ3n) is 2.83. The Hall–Kier alpha value is -1.57. The minimum atomic E-state index is -0.272. The lowest BCUT2D eigenvalue weighted by Crippen LogP contribution is -2.24. The van der Waals surface area contributed by atoms with Gasteiger partial charge in [-0.3, -0.25) is 4.79 Å². The summed E-state index contributed by atoms with van der Waals surface area (Å²) in [6.07, 6.45) is 1.98. The van der Waals surface area contributed by atoms with Gasteiger partial charge < -0.3 is 4.57 Å². The van der Waals surface area contributed by atoms with Gasteiger partial charge in [-0.25, -0.2) is 0 Å². The van der Waals surface area contributed by atoms with Gasteiger partial charge in [0.25, 0.3) is 0 Å². The van der Waals surface area contributed by atoms with Gasteiger partial charge in [-0.2, -0.15) is 0 Å². The van der Waals surface area contributed by atoms with E-state index in [4.69, 9.17) is 0 Å². The van der Waals surface area contributed by atoms with Crippen LogP contribution in [0.1, 0.15) is 20.8 Å². The molecule has 0 bridgehead atoms. The SMILES string of the molecule is CC(C)(C)C(=O)Cn1ccc2ccccc21. The number of aromatic nitrogens is 1. The maximum atomic E-state index is 12.0. The number of hydrogen-bond acceptors (Lipinski definition) is 1. The highest BCUT2D eigenvalue weighted by Crippen LogP contribution is 2.19. The Morgan fingerprint density at radius 2 is 1.88 bits per heavy atom. The van der Waals surface area contributed by atoms with Crippen LogP contribution < -0.4 is 0 Å². The minimum Gasteiger partial charge on any atom is -0.340 e. The summed E-state index contributed by atoms with van der Waals surface area (Å²) >= 11 is 0. The predicted molar refractivity (Wildman–Crippen MR) is 66.4 cm³/mol. The van der Waals surface area contributed by atoms with Gasteiger partial charge in [0.1, 0.15) is 0 Å². The molecule has 0 radical (unpaired) electrons. The molecule has 0 fully saturated rings. The van der Waals surface area contributed by atoms with Crippen molar-refractivity contribution in [3.63, 3.8) is 0 Å². The van der Waals surface area contributed by atoms with Crippen LogP contribution in [0.25, 0.3) is 10.9 Å². The molecular weight excluding hydrogens is 198 g/mol. The largest absolute Gasteiger partial charge is 0.340 e. The van der Waals surface area contributed by atoms with E-state index in [2.05, 4.69) is 6.07 Å². The molecule has 0 unspecified atom stereocenters. The second-order valence-corrected chi connectivity index (χ2v) is 5.18. The zero-order valence-electron chi connectivity index (χ0n) is 10.0. The summed E-state index contributed by atoms with van der Waals surface area (Å²) in [5.74, 6) is 0.258. The molecule has 1 heterocycles. The van der Waals surface area contributed by atoms with Crippen molar-refractivity contribution in [3.8, 4) is 0 Å². The van der Waals surface area contributed by atoms with Crippen molar-refractivity contribution in [2.45, 2.75) is 27.3 Å². The zero-order valence-corrected chi connectivity index (χ0v) is 10.0. The maximum absolute atomic E-state index is 12.0. The first-order valence-electron chi connectivity index (χ1n) is 5.56. The highest BCUT2D eigenvalue weighted by molar-refractivity contribution is 5.86. The van der Waals surface area contributed by atoms with E-state index in [1.54, 1.807) is 0 Å². The van der Waals surface area contributed by atoms with Crippen molar-refractivity contribution in [2.24, 2.45) is 5.41 Å². The van der Waals surface area contributed by atoms with E-state index in [-0.39, 0.29) is 11.2 Å². The molecule has 0 saturated heterocycles. The van der Waals surface area contributed by atoms with E-state index in [1.807, 2.05) is 55.8 Å². The number of rotatable bonds is 2.